The molecule has 2 nitrogen and oxygen atoms in total. The highest BCUT2D eigenvalue weighted by Crippen LogP contribution is 2.34. The van der Waals surface area contributed by atoms with Crippen molar-refractivity contribution in [3.8, 4) is 0 Å². The van der Waals surface area contributed by atoms with Crippen molar-refractivity contribution < 1.29 is 10.2 Å². The van der Waals surface area contributed by atoms with Crippen LogP contribution in [-0.2, 0) is 0 Å². The first kappa shape index (κ1) is 12.5. The maximum atomic E-state index is 9.78. The zero-order valence-corrected chi connectivity index (χ0v) is 10.1. The van der Waals surface area contributed by atoms with E-state index in [2.05, 4.69) is 6.08 Å². The van der Waals surface area contributed by atoms with Gasteiger partial charge >= 0.3 is 0 Å². The van der Waals surface area contributed by atoms with E-state index in [1.54, 1.807) is 0 Å². The molecule has 1 aliphatic carbocycles. The van der Waals surface area contributed by atoms with E-state index in [0.29, 0.717) is 6.42 Å². The zero-order chi connectivity index (χ0) is 11.6. The molecule has 0 heterocycles. The van der Waals surface area contributed by atoms with Gasteiger partial charge < -0.3 is 10.2 Å². The summed E-state index contributed by atoms with van der Waals surface area (Å²) in [5.41, 5.74) is 2.39. The van der Waals surface area contributed by atoms with E-state index >= 15 is 0 Å². The Kier molecular flexibility index (Phi) is 4.12. The standard InChI is InChI=1S/C13H22O2/c1-8(2)5-6-11-9(3)12(14)7-13(15)10(11)4/h5-6,9-10,12-15H,7H2,1-4H3/t9-,10+,12-,13-/m0/s1. The van der Waals surface area contributed by atoms with Crippen molar-refractivity contribution in [1.82, 2.24) is 0 Å². The topological polar surface area (TPSA) is 40.5 Å². The first-order chi connectivity index (χ1) is 6.93. The summed E-state index contributed by atoms with van der Waals surface area (Å²) in [7, 11) is 0. The van der Waals surface area contributed by atoms with Gasteiger partial charge in [0.05, 0.1) is 12.2 Å². The van der Waals surface area contributed by atoms with Crippen molar-refractivity contribution in [2.24, 2.45) is 11.8 Å². The SMILES string of the molecule is CC(C)=CC=C1[C@@H](C)[C@@H](O)C[C@H](O)[C@H]1C. The van der Waals surface area contributed by atoms with E-state index in [9.17, 15) is 10.2 Å². The van der Waals surface area contributed by atoms with E-state index in [4.69, 9.17) is 0 Å². The quantitative estimate of drug-likeness (QED) is 0.697. The Morgan fingerprint density at radius 1 is 1.13 bits per heavy atom. The number of aliphatic hydroxyl groups excluding tert-OH is 2. The van der Waals surface area contributed by atoms with Gasteiger partial charge in [-0.1, -0.05) is 37.1 Å². The Morgan fingerprint density at radius 2 is 1.60 bits per heavy atom. The molecule has 0 aromatic heterocycles. The van der Waals surface area contributed by atoms with Crippen LogP contribution in [-0.4, -0.2) is 22.4 Å². The Labute approximate surface area is 92.3 Å². The third kappa shape index (κ3) is 2.93. The molecule has 0 unspecified atom stereocenters. The van der Waals surface area contributed by atoms with Gasteiger partial charge in [0, 0.05) is 18.3 Å². The molecule has 1 fully saturated rings. The van der Waals surface area contributed by atoms with Crippen LogP contribution in [0.25, 0.3) is 0 Å². The van der Waals surface area contributed by atoms with E-state index in [-0.39, 0.29) is 11.8 Å². The molecule has 1 rings (SSSR count). The summed E-state index contributed by atoms with van der Waals surface area (Å²) in [6.07, 6.45) is 3.78. The molecular formula is C13H22O2. The highest BCUT2D eigenvalue weighted by Gasteiger charge is 2.33. The molecule has 15 heavy (non-hydrogen) atoms. The van der Waals surface area contributed by atoms with Crippen LogP contribution < -0.4 is 0 Å². The predicted octanol–water partition coefficient (Wildman–Crippen LogP) is 2.28. The molecule has 0 saturated heterocycles. The lowest BCUT2D eigenvalue weighted by molar-refractivity contribution is 0.00781. The van der Waals surface area contributed by atoms with Crippen molar-refractivity contribution in [3.63, 3.8) is 0 Å². The third-order valence-electron chi connectivity index (χ3n) is 3.30. The Bertz CT molecular complexity index is 258. The molecule has 1 saturated carbocycles. The molecule has 0 bridgehead atoms. The van der Waals surface area contributed by atoms with Crippen molar-refractivity contribution in [3.05, 3.63) is 23.3 Å². The van der Waals surface area contributed by atoms with Gasteiger partial charge in [-0.2, -0.15) is 0 Å². The number of aliphatic hydroxyl groups is 2. The lowest BCUT2D eigenvalue weighted by atomic mass is 9.75. The predicted molar refractivity (Wildman–Crippen MR) is 62.5 cm³/mol. The van der Waals surface area contributed by atoms with Crippen LogP contribution in [0, 0.1) is 11.8 Å². The molecular weight excluding hydrogens is 188 g/mol. The minimum atomic E-state index is -0.409. The molecule has 0 aliphatic heterocycles. The number of hydrogen-bond acceptors (Lipinski definition) is 2. The molecule has 0 amide bonds. The van der Waals surface area contributed by atoms with Gasteiger partial charge in [-0.25, -0.2) is 0 Å². The third-order valence-corrected chi connectivity index (χ3v) is 3.30. The Morgan fingerprint density at radius 3 is 2.00 bits per heavy atom. The van der Waals surface area contributed by atoms with Crippen LogP contribution >= 0.6 is 0 Å². The molecule has 1 aliphatic rings. The fourth-order valence-electron chi connectivity index (χ4n) is 2.08. The Balaban J connectivity index is 2.91. The summed E-state index contributed by atoms with van der Waals surface area (Å²) in [4.78, 5) is 0. The van der Waals surface area contributed by atoms with Gasteiger partial charge in [0.15, 0.2) is 0 Å². The summed E-state index contributed by atoms with van der Waals surface area (Å²) in [5.74, 6) is 0.304. The molecule has 0 spiro atoms. The smallest absolute Gasteiger partial charge is 0.0627 e. The second kappa shape index (κ2) is 4.95. The largest absolute Gasteiger partial charge is 0.392 e. The van der Waals surface area contributed by atoms with E-state index < -0.39 is 12.2 Å². The highest BCUT2D eigenvalue weighted by atomic mass is 16.3. The average molecular weight is 210 g/mol. The summed E-state index contributed by atoms with van der Waals surface area (Å²) >= 11 is 0. The van der Waals surface area contributed by atoms with Crippen molar-refractivity contribution in [1.29, 1.82) is 0 Å². The molecule has 86 valence electrons. The fourth-order valence-corrected chi connectivity index (χ4v) is 2.08. The first-order valence-electron chi connectivity index (χ1n) is 5.64. The number of allylic oxidation sites excluding steroid dienone is 3. The number of hydrogen-bond donors (Lipinski definition) is 2. The summed E-state index contributed by atoms with van der Waals surface area (Å²) < 4.78 is 0. The van der Waals surface area contributed by atoms with Gasteiger partial charge in [-0.3, -0.25) is 0 Å². The zero-order valence-electron chi connectivity index (χ0n) is 10.1. The normalized spacial score (nSPS) is 39.2. The van der Waals surface area contributed by atoms with Gasteiger partial charge in [0.1, 0.15) is 0 Å². The minimum absolute atomic E-state index is 0.152. The first-order valence-corrected chi connectivity index (χ1v) is 5.64. The molecule has 2 heteroatoms. The maximum Gasteiger partial charge on any atom is 0.0627 e. The van der Waals surface area contributed by atoms with E-state index in [1.807, 2.05) is 33.8 Å². The highest BCUT2D eigenvalue weighted by molar-refractivity contribution is 5.23. The fraction of sp³-hybridized carbons (Fsp3) is 0.692. The van der Waals surface area contributed by atoms with Crippen LogP contribution in [0.3, 0.4) is 0 Å². The van der Waals surface area contributed by atoms with Crippen LogP contribution in [0.2, 0.25) is 0 Å². The second-order valence-corrected chi connectivity index (χ2v) is 4.86. The molecule has 2 N–H and O–H groups in total. The molecule has 0 radical (unpaired) electrons. The van der Waals surface area contributed by atoms with Gasteiger partial charge in [0.2, 0.25) is 0 Å². The van der Waals surface area contributed by atoms with E-state index in [0.717, 1.165) is 5.57 Å². The maximum absolute atomic E-state index is 9.78. The second-order valence-electron chi connectivity index (χ2n) is 4.86. The van der Waals surface area contributed by atoms with Gasteiger partial charge in [-0.05, 0) is 13.8 Å². The average Bonchev–Trinajstić information content (AvgIpc) is 2.14. The van der Waals surface area contributed by atoms with Crippen molar-refractivity contribution in [2.75, 3.05) is 0 Å². The number of rotatable bonds is 1. The Hall–Kier alpha value is -0.600. The van der Waals surface area contributed by atoms with Crippen molar-refractivity contribution >= 4 is 0 Å². The monoisotopic (exact) mass is 210 g/mol. The van der Waals surface area contributed by atoms with Gasteiger partial charge in [0.25, 0.3) is 0 Å². The van der Waals surface area contributed by atoms with Crippen LogP contribution in [0.5, 0.6) is 0 Å². The summed E-state index contributed by atoms with van der Waals surface area (Å²) in [6, 6.07) is 0. The van der Waals surface area contributed by atoms with E-state index in [1.165, 1.54) is 5.57 Å². The van der Waals surface area contributed by atoms with Crippen LogP contribution in [0.1, 0.15) is 34.1 Å². The minimum Gasteiger partial charge on any atom is -0.392 e. The lowest BCUT2D eigenvalue weighted by Crippen LogP contribution is -2.38. The lowest BCUT2D eigenvalue weighted by Gasteiger charge is -2.36. The molecule has 0 aromatic rings. The summed E-state index contributed by atoms with van der Waals surface area (Å²) in [6.45, 7) is 8.14. The van der Waals surface area contributed by atoms with Crippen molar-refractivity contribution in [2.45, 2.75) is 46.3 Å². The molecule has 0 aromatic carbocycles. The van der Waals surface area contributed by atoms with Gasteiger partial charge in [-0.15, -0.1) is 0 Å². The molecule has 4 atom stereocenters. The summed E-state index contributed by atoms with van der Waals surface area (Å²) in [5, 5.41) is 19.6. The van der Waals surface area contributed by atoms with Crippen LogP contribution in [0.15, 0.2) is 23.3 Å². The van der Waals surface area contributed by atoms with Crippen LogP contribution in [0.4, 0.5) is 0 Å².